The van der Waals surface area contributed by atoms with Gasteiger partial charge in [0.25, 0.3) is 23.6 Å². The van der Waals surface area contributed by atoms with E-state index in [1.807, 2.05) is 86.3 Å². The van der Waals surface area contributed by atoms with Crippen LogP contribution < -0.4 is 24.3 Å². The van der Waals surface area contributed by atoms with Gasteiger partial charge in [-0.05, 0) is 229 Å². The van der Waals surface area contributed by atoms with Crippen molar-refractivity contribution >= 4 is 94.4 Å². The Morgan fingerprint density at radius 3 is 1.06 bits per heavy atom. The van der Waals surface area contributed by atoms with Gasteiger partial charge in [-0.1, -0.05) is 121 Å². The Balaban J connectivity index is 0.000000136. The third-order valence-electron chi connectivity index (χ3n) is 29.2. The number of carboxylic acids is 1. The second kappa shape index (κ2) is 46.4. The van der Waals surface area contributed by atoms with Gasteiger partial charge in [-0.2, -0.15) is 0 Å². The molecule has 4 saturated carbocycles. The van der Waals surface area contributed by atoms with Crippen LogP contribution in [0.5, 0.6) is 23.0 Å². The number of piperidine rings is 2. The summed E-state index contributed by atoms with van der Waals surface area (Å²) in [5.74, 6) is 1.33. The number of ketones is 8. The van der Waals surface area contributed by atoms with Crippen LogP contribution in [0.25, 0.3) is 0 Å². The first kappa shape index (κ1) is 102. The first-order chi connectivity index (χ1) is 68.2. The van der Waals surface area contributed by atoms with Gasteiger partial charge in [-0.3, -0.25) is 72.1 Å². The van der Waals surface area contributed by atoms with Crippen LogP contribution in [0, 0.1) is 0 Å². The number of hydrogen-bond acceptors (Lipinski definition) is 23. The van der Waals surface area contributed by atoms with Crippen molar-refractivity contribution in [1.29, 1.82) is 0 Å². The first-order valence-electron chi connectivity index (χ1n) is 49.9. The number of morpholine rings is 1. The van der Waals surface area contributed by atoms with E-state index >= 15 is 0 Å². The minimum atomic E-state index is -0.763. The highest BCUT2D eigenvalue weighted by Crippen LogP contribution is 2.42. The molecule has 4 aliphatic carbocycles. The number of aliphatic carboxylic acids is 1. The fraction of sp³-hybridized carbons (Fsp3) is 0.446. The van der Waals surface area contributed by atoms with Crippen molar-refractivity contribution in [1.82, 2.24) is 39.6 Å². The van der Waals surface area contributed by atoms with Crippen LogP contribution in [0.4, 0.5) is 4.79 Å². The zero-order valence-electron chi connectivity index (χ0n) is 80.9. The maximum atomic E-state index is 13.1. The molecule has 29 nitrogen and oxygen atoms in total. The van der Waals surface area contributed by atoms with Gasteiger partial charge in [-0.15, -0.1) is 12.4 Å². The van der Waals surface area contributed by atoms with Crippen molar-refractivity contribution in [3.8, 4) is 23.0 Å². The van der Waals surface area contributed by atoms with Crippen LogP contribution in [-0.2, 0) is 118 Å². The average molecular weight is 1950 g/mol. The van der Waals surface area contributed by atoms with Gasteiger partial charge < -0.3 is 63.3 Å². The average Bonchev–Trinajstić information content (AvgIpc) is 1.64. The Kier molecular flexibility index (Phi) is 33.3. The summed E-state index contributed by atoms with van der Waals surface area (Å²) >= 11 is 0. The van der Waals surface area contributed by atoms with Crippen molar-refractivity contribution in [3.63, 3.8) is 0 Å². The lowest BCUT2D eigenvalue weighted by Gasteiger charge is -2.33. The van der Waals surface area contributed by atoms with E-state index in [0.29, 0.717) is 187 Å². The third-order valence-corrected chi connectivity index (χ3v) is 29.2. The molecule has 8 aliphatic heterocycles. The van der Waals surface area contributed by atoms with Crippen LogP contribution in [-0.4, -0.2) is 223 Å². The lowest BCUT2D eigenvalue weighted by atomic mass is 9.89. The second-order valence-corrected chi connectivity index (χ2v) is 39.9. The summed E-state index contributed by atoms with van der Waals surface area (Å²) in [6, 6.07) is 52.7. The number of Topliss-reactive ketones (excluding diaryl/α,β-unsaturated/α-hetero) is 8. The minimum Gasteiger partial charge on any atom is -0.489 e. The van der Waals surface area contributed by atoms with Crippen LogP contribution in [0.2, 0.25) is 0 Å². The van der Waals surface area contributed by atoms with Gasteiger partial charge in [0, 0.05) is 103 Å². The van der Waals surface area contributed by atoms with Gasteiger partial charge in [0.05, 0.1) is 89.2 Å². The predicted octanol–water partition coefficient (Wildman–Crippen LogP) is 15.0. The number of carbonyl (C=O) groups is 14. The number of aryl methyl sites for hydroxylation is 1. The highest BCUT2D eigenvalue weighted by molar-refractivity contribution is 6.11. The fourth-order valence-electron chi connectivity index (χ4n) is 21.3. The molecular weight excluding hydrogens is 1830 g/mol. The molecule has 0 bridgehead atoms. The molecule has 5 atom stereocenters. The zero-order chi connectivity index (χ0) is 98.5. The standard InChI is InChI=1S/C31H36N2O6.C28H32N2O5.C27H28N2O6.C26H28N2O4.ClH/c1-31(2,3)39-30(37)32-15-13-22(14-16-32)21-9-7-20(8-10-21)19-38-28-6-4-5-24-25(28)18-33(29(24)36)26-12-11-23(34)17-27(26)35;31-22-10-11-25(26(32)17-22)30-18-24-23(28(30)33)4-1-5-27(24)35-19-21-8-6-20(7-9-21)3-2-12-29-13-15-34-16-14-29;30-19-10-11-22(24(31)13-19)29-15-21-20(26(29)32)3-1-5-25(21)35-16-18-8-6-17(7-9-18)14-28-12-2-4-23(28)27(33)34;29-20-8-9-23(24(30)14-20)28-15-22-21(26(28)31)2-1-3-25(22)32-16-17-4-6-18(7-5-17)19-10-12-27-13-11-19;/h4-10,22,26H,11-19H2,1-3H3;1,4-9,25H,2-3,10-19H2;1,3,5-9,22-23H,2,4,10-16H2,(H,33,34);1-7,19,23,27H,8-16H2;1H/t;;22?,23-;;/m..0../s1. The van der Waals surface area contributed by atoms with Gasteiger partial charge in [0.15, 0.2) is 23.1 Å². The van der Waals surface area contributed by atoms with E-state index in [4.69, 9.17) is 28.4 Å². The lowest BCUT2D eigenvalue weighted by molar-refractivity contribution is -0.142. The number of carbonyl (C=O) groups excluding carboxylic acids is 13. The Morgan fingerprint density at radius 1 is 0.394 bits per heavy atom. The van der Waals surface area contributed by atoms with E-state index in [2.05, 4.69) is 83.0 Å². The van der Waals surface area contributed by atoms with Crippen LogP contribution in [0.3, 0.4) is 0 Å². The molecule has 8 aromatic carbocycles. The molecule has 30 heteroatoms. The number of nitrogens with one attached hydrogen (secondary N) is 1. The quantitative estimate of drug-likeness (QED) is 0.0502. The molecule has 8 heterocycles. The maximum absolute atomic E-state index is 13.1. The molecule has 0 aromatic heterocycles. The smallest absolute Gasteiger partial charge is 0.410 e. The first-order valence-corrected chi connectivity index (χ1v) is 49.9. The van der Waals surface area contributed by atoms with Crippen LogP contribution in [0.15, 0.2) is 170 Å². The molecule has 20 rings (SSSR count). The minimum absolute atomic E-state index is 0. The predicted molar refractivity (Wildman–Crippen MR) is 527 cm³/mol. The summed E-state index contributed by atoms with van der Waals surface area (Å²) in [7, 11) is 0. The molecule has 4 unspecified atom stereocenters. The van der Waals surface area contributed by atoms with Crippen LogP contribution >= 0.6 is 12.4 Å². The number of rotatable bonds is 25. The normalized spacial score (nSPS) is 21.1. The Labute approximate surface area is 833 Å². The summed E-state index contributed by atoms with van der Waals surface area (Å²) in [5, 5.41) is 12.8. The summed E-state index contributed by atoms with van der Waals surface area (Å²) in [4.78, 5) is 184. The van der Waals surface area contributed by atoms with E-state index in [0.717, 1.165) is 135 Å². The monoisotopic (exact) mass is 1950 g/mol. The number of ether oxygens (including phenoxy) is 6. The van der Waals surface area contributed by atoms with Crippen LogP contribution in [0.1, 0.15) is 263 Å². The molecule has 4 saturated heterocycles. The summed E-state index contributed by atoms with van der Waals surface area (Å²) < 4.78 is 35.4. The van der Waals surface area contributed by atoms with Gasteiger partial charge in [0.2, 0.25) is 0 Å². The van der Waals surface area contributed by atoms with Crippen molar-refractivity contribution < 1.29 is 101 Å². The summed E-state index contributed by atoms with van der Waals surface area (Å²) in [5.41, 5.74) is 14.1. The zero-order valence-corrected chi connectivity index (χ0v) is 81.8. The van der Waals surface area contributed by atoms with Gasteiger partial charge in [-0.25, -0.2) is 4.79 Å². The Morgan fingerprint density at radius 2 is 0.725 bits per heavy atom. The van der Waals surface area contributed by atoms with Gasteiger partial charge in [0.1, 0.15) is 84.2 Å². The SMILES string of the molecule is CC(C)(C)OC(=O)N1CCC(c2ccc(COc3cccc4c3CN(C3CCC(=O)CC3=O)C4=O)cc2)CC1.Cl.O=C1CCC(N2Cc3c(OCc4ccc(C5CCNCC5)cc4)cccc3C2=O)C(=O)C1.O=C1CCC(N2Cc3c(OCc4ccc(CCCN5CCOCC5)cc4)cccc3C2=O)C(=O)C1.O=C1CCC(N2Cc3c(OCc4ccc(CN5CCC[C@H]5C(=O)O)cc4)cccc3C2=O)C(=O)C1. The van der Waals surface area contributed by atoms with Crippen molar-refractivity contribution in [3.05, 3.63) is 259 Å². The molecule has 2 N–H and O–H groups in total. The largest absolute Gasteiger partial charge is 0.489 e. The Bertz CT molecular complexity index is 6040. The lowest BCUT2D eigenvalue weighted by Crippen LogP contribution is -2.44. The number of fused-ring (bicyclic) bond motifs is 4. The molecule has 0 spiro atoms. The van der Waals surface area contributed by atoms with Crippen molar-refractivity contribution in [2.75, 3.05) is 65.6 Å². The summed E-state index contributed by atoms with van der Waals surface area (Å²) in [6.45, 7) is 18.2. The van der Waals surface area contributed by atoms with E-state index in [9.17, 15) is 72.2 Å². The highest BCUT2D eigenvalue weighted by atomic mass is 35.5. The number of amides is 5. The molecule has 8 fully saturated rings. The number of halogens is 1. The third kappa shape index (κ3) is 24.7. The summed E-state index contributed by atoms with van der Waals surface area (Å²) in [6.07, 6.45) is 10.3. The van der Waals surface area contributed by atoms with Crippen molar-refractivity contribution in [2.24, 2.45) is 0 Å². The van der Waals surface area contributed by atoms with E-state index in [-0.39, 0.29) is 114 Å². The van der Waals surface area contributed by atoms with E-state index in [1.165, 1.54) is 29.5 Å². The molecule has 746 valence electrons. The molecule has 5 amide bonds. The fourth-order valence-corrected chi connectivity index (χ4v) is 21.3. The molecule has 0 radical (unpaired) electrons. The second-order valence-electron chi connectivity index (χ2n) is 39.9. The Hall–Kier alpha value is -12.9. The number of hydrogen-bond donors (Lipinski definition) is 2. The molecule has 12 aliphatic rings. The molecule has 142 heavy (non-hydrogen) atoms. The number of nitrogens with zero attached hydrogens (tertiary/aromatic N) is 7. The topological polar surface area (TPSA) is 349 Å². The number of carboxylic acid groups (broad SMARTS) is 1. The maximum Gasteiger partial charge on any atom is 0.410 e. The van der Waals surface area contributed by atoms with E-state index in [1.54, 1.807) is 60.9 Å². The van der Waals surface area contributed by atoms with Gasteiger partial charge >= 0.3 is 12.1 Å². The number of benzene rings is 8. The molecular formula is C112H125ClN8O21. The highest BCUT2D eigenvalue weighted by Gasteiger charge is 2.46. The van der Waals surface area contributed by atoms with Crippen molar-refractivity contribution in [2.45, 2.75) is 256 Å². The molecule has 8 aromatic rings. The number of likely N-dealkylation sites (tertiary alicyclic amines) is 2. The van der Waals surface area contributed by atoms with E-state index < -0.39 is 41.8 Å².